The summed E-state index contributed by atoms with van der Waals surface area (Å²) < 4.78 is 10.7. The van der Waals surface area contributed by atoms with Crippen LogP contribution in [0.3, 0.4) is 0 Å². The number of para-hydroxylation sites is 2. The fourth-order valence-electron chi connectivity index (χ4n) is 2.22. The third kappa shape index (κ3) is 4.36. The minimum atomic E-state index is -0.268. The lowest BCUT2D eigenvalue weighted by atomic mass is 10.1. The maximum atomic E-state index is 12.1. The number of hydrogen-bond donors (Lipinski definition) is 1. The van der Waals surface area contributed by atoms with Gasteiger partial charge in [-0.3, -0.25) is 10.1 Å². The third-order valence-electron chi connectivity index (χ3n) is 3.53. The van der Waals surface area contributed by atoms with Crippen molar-refractivity contribution in [1.82, 2.24) is 4.98 Å². The zero-order valence-electron chi connectivity index (χ0n) is 14.0. The van der Waals surface area contributed by atoms with Crippen molar-refractivity contribution >= 4 is 22.4 Å². The fraction of sp³-hybridized carbons (Fsp3) is 0.158. The van der Waals surface area contributed by atoms with Gasteiger partial charge in [0.25, 0.3) is 5.91 Å². The van der Waals surface area contributed by atoms with Gasteiger partial charge in [-0.15, -0.1) is 11.3 Å². The Labute approximate surface area is 150 Å². The van der Waals surface area contributed by atoms with Gasteiger partial charge in [0.15, 0.2) is 23.2 Å². The summed E-state index contributed by atoms with van der Waals surface area (Å²) in [5.74, 6) is 0.849. The number of amides is 1. The van der Waals surface area contributed by atoms with Crippen LogP contribution in [0.15, 0.2) is 53.9 Å². The van der Waals surface area contributed by atoms with E-state index in [2.05, 4.69) is 10.3 Å². The van der Waals surface area contributed by atoms with E-state index in [0.29, 0.717) is 16.6 Å². The van der Waals surface area contributed by atoms with E-state index in [1.807, 2.05) is 48.7 Å². The lowest BCUT2D eigenvalue weighted by molar-refractivity contribution is -0.118. The highest BCUT2D eigenvalue weighted by atomic mass is 32.1. The molecule has 0 aliphatic rings. The number of carbonyl (C=O) groups excluding carboxylic acids is 1. The quantitative estimate of drug-likeness (QED) is 0.722. The Morgan fingerprint density at radius 3 is 2.56 bits per heavy atom. The topological polar surface area (TPSA) is 60.5 Å². The second kappa shape index (κ2) is 7.81. The predicted octanol–water partition coefficient (Wildman–Crippen LogP) is 4.14. The van der Waals surface area contributed by atoms with Crippen molar-refractivity contribution in [3.05, 3.63) is 59.5 Å². The molecule has 5 nitrogen and oxygen atoms in total. The van der Waals surface area contributed by atoms with E-state index in [1.165, 1.54) is 16.9 Å². The molecular formula is C19H18N2O3S. The first-order valence-electron chi connectivity index (χ1n) is 7.74. The molecule has 3 rings (SSSR count). The van der Waals surface area contributed by atoms with Gasteiger partial charge in [-0.05, 0) is 19.1 Å². The van der Waals surface area contributed by atoms with E-state index in [-0.39, 0.29) is 12.5 Å². The highest BCUT2D eigenvalue weighted by Gasteiger charge is 2.10. The molecule has 0 aliphatic heterocycles. The average Bonchev–Trinajstić information content (AvgIpc) is 3.09. The Balaban J connectivity index is 1.59. The van der Waals surface area contributed by atoms with E-state index in [1.54, 1.807) is 19.2 Å². The lowest BCUT2D eigenvalue weighted by Gasteiger charge is -2.09. The number of anilines is 1. The minimum Gasteiger partial charge on any atom is -0.493 e. The Kier molecular flexibility index (Phi) is 5.30. The van der Waals surface area contributed by atoms with Crippen molar-refractivity contribution in [3.8, 4) is 22.8 Å². The molecule has 0 bridgehead atoms. The van der Waals surface area contributed by atoms with Crippen LogP contribution in [0.1, 0.15) is 5.56 Å². The van der Waals surface area contributed by atoms with Crippen LogP contribution in [-0.4, -0.2) is 24.6 Å². The van der Waals surface area contributed by atoms with E-state index in [0.717, 1.165) is 11.3 Å². The van der Waals surface area contributed by atoms with Gasteiger partial charge in [0.1, 0.15) is 0 Å². The second-order valence-electron chi connectivity index (χ2n) is 5.39. The Morgan fingerprint density at radius 1 is 1.12 bits per heavy atom. The number of thiazole rings is 1. The van der Waals surface area contributed by atoms with Crippen molar-refractivity contribution in [2.45, 2.75) is 6.92 Å². The van der Waals surface area contributed by atoms with Crippen LogP contribution in [0.5, 0.6) is 11.5 Å². The van der Waals surface area contributed by atoms with Crippen molar-refractivity contribution in [2.24, 2.45) is 0 Å². The number of hydrogen-bond acceptors (Lipinski definition) is 5. The first kappa shape index (κ1) is 17.0. The molecular weight excluding hydrogens is 336 g/mol. The molecule has 1 aromatic heterocycles. The van der Waals surface area contributed by atoms with Crippen LogP contribution in [0.2, 0.25) is 0 Å². The van der Waals surface area contributed by atoms with Gasteiger partial charge in [-0.2, -0.15) is 0 Å². The maximum absolute atomic E-state index is 12.1. The van der Waals surface area contributed by atoms with Crippen LogP contribution in [0.4, 0.5) is 5.13 Å². The molecule has 0 saturated heterocycles. The third-order valence-corrected chi connectivity index (χ3v) is 4.28. The van der Waals surface area contributed by atoms with E-state index in [4.69, 9.17) is 9.47 Å². The number of rotatable bonds is 6. The number of aryl methyl sites for hydroxylation is 1. The van der Waals surface area contributed by atoms with Crippen molar-refractivity contribution in [1.29, 1.82) is 0 Å². The molecule has 0 saturated carbocycles. The smallest absolute Gasteiger partial charge is 0.264 e. The fourth-order valence-corrected chi connectivity index (χ4v) is 2.96. The summed E-state index contributed by atoms with van der Waals surface area (Å²) in [7, 11) is 1.56. The molecule has 0 fully saturated rings. The molecule has 6 heteroatoms. The zero-order chi connectivity index (χ0) is 17.6. The molecule has 0 atom stereocenters. The average molecular weight is 354 g/mol. The van der Waals surface area contributed by atoms with Crippen LogP contribution in [-0.2, 0) is 4.79 Å². The Morgan fingerprint density at radius 2 is 1.84 bits per heavy atom. The number of carbonyl (C=O) groups is 1. The van der Waals surface area contributed by atoms with Crippen LogP contribution in [0.25, 0.3) is 11.3 Å². The summed E-state index contributed by atoms with van der Waals surface area (Å²) in [6.45, 7) is 1.93. The molecule has 3 aromatic rings. The molecule has 128 valence electrons. The summed E-state index contributed by atoms with van der Waals surface area (Å²) in [4.78, 5) is 16.5. The SMILES string of the molecule is COc1ccccc1OCC(=O)Nc1nc(-c2ccc(C)cc2)cs1. The predicted molar refractivity (Wildman–Crippen MR) is 99.4 cm³/mol. The normalized spacial score (nSPS) is 10.3. The Bertz CT molecular complexity index is 859. The van der Waals surface area contributed by atoms with Gasteiger partial charge in [0.05, 0.1) is 12.8 Å². The standard InChI is InChI=1S/C19H18N2O3S/c1-13-7-9-14(10-8-13)15-12-25-19(20-15)21-18(22)11-24-17-6-4-3-5-16(17)23-2/h3-10,12H,11H2,1-2H3,(H,20,21,22). The zero-order valence-corrected chi connectivity index (χ0v) is 14.8. The molecule has 0 aliphatic carbocycles. The highest BCUT2D eigenvalue weighted by Crippen LogP contribution is 2.27. The minimum absolute atomic E-state index is 0.111. The molecule has 2 aromatic carbocycles. The molecule has 1 amide bonds. The highest BCUT2D eigenvalue weighted by molar-refractivity contribution is 7.14. The summed E-state index contributed by atoms with van der Waals surface area (Å²) in [5, 5.41) is 5.22. The number of methoxy groups -OCH3 is 1. The van der Waals surface area contributed by atoms with Crippen LogP contribution < -0.4 is 14.8 Å². The first-order valence-corrected chi connectivity index (χ1v) is 8.62. The summed E-state index contributed by atoms with van der Waals surface area (Å²) in [6, 6.07) is 15.3. The Hall–Kier alpha value is -2.86. The summed E-state index contributed by atoms with van der Waals surface area (Å²) in [5.41, 5.74) is 3.06. The number of aromatic nitrogens is 1. The monoisotopic (exact) mass is 354 g/mol. The molecule has 1 N–H and O–H groups in total. The lowest BCUT2D eigenvalue weighted by Crippen LogP contribution is -2.20. The first-order chi connectivity index (χ1) is 12.2. The number of nitrogens with one attached hydrogen (secondary N) is 1. The van der Waals surface area contributed by atoms with E-state index < -0.39 is 0 Å². The van der Waals surface area contributed by atoms with Crippen molar-refractivity contribution in [3.63, 3.8) is 0 Å². The van der Waals surface area contributed by atoms with Gasteiger partial charge in [-0.25, -0.2) is 4.98 Å². The number of nitrogens with zero attached hydrogens (tertiary/aromatic N) is 1. The summed E-state index contributed by atoms with van der Waals surface area (Å²) >= 11 is 1.38. The molecule has 1 heterocycles. The van der Waals surface area contributed by atoms with Crippen LogP contribution in [0, 0.1) is 6.92 Å². The largest absolute Gasteiger partial charge is 0.493 e. The van der Waals surface area contributed by atoms with Gasteiger partial charge >= 0.3 is 0 Å². The van der Waals surface area contributed by atoms with Crippen molar-refractivity contribution in [2.75, 3.05) is 19.0 Å². The molecule has 0 unspecified atom stereocenters. The summed E-state index contributed by atoms with van der Waals surface area (Å²) in [6.07, 6.45) is 0. The van der Waals surface area contributed by atoms with Crippen LogP contribution >= 0.6 is 11.3 Å². The molecule has 25 heavy (non-hydrogen) atoms. The van der Waals surface area contributed by atoms with Gasteiger partial charge in [0.2, 0.25) is 0 Å². The number of ether oxygens (including phenoxy) is 2. The van der Waals surface area contributed by atoms with Gasteiger partial charge in [-0.1, -0.05) is 42.0 Å². The molecule has 0 spiro atoms. The maximum Gasteiger partial charge on any atom is 0.264 e. The van der Waals surface area contributed by atoms with E-state index in [9.17, 15) is 4.79 Å². The molecule has 0 radical (unpaired) electrons. The van der Waals surface area contributed by atoms with Gasteiger partial charge < -0.3 is 9.47 Å². The van der Waals surface area contributed by atoms with E-state index >= 15 is 0 Å². The second-order valence-corrected chi connectivity index (χ2v) is 6.25. The van der Waals surface area contributed by atoms with Gasteiger partial charge in [0, 0.05) is 10.9 Å². The van der Waals surface area contributed by atoms with Crippen molar-refractivity contribution < 1.29 is 14.3 Å². The number of benzene rings is 2.